The van der Waals surface area contributed by atoms with E-state index in [0.29, 0.717) is 36.1 Å². The van der Waals surface area contributed by atoms with E-state index in [9.17, 15) is 9.90 Å². The summed E-state index contributed by atoms with van der Waals surface area (Å²) in [6.45, 7) is 5.59. The van der Waals surface area contributed by atoms with Crippen molar-refractivity contribution in [3.63, 3.8) is 0 Å². The summed E-state index contributed by atoms with van der Waals surface area (Å²) in [5.74, 6) is 1.61. The van der Waals surface area contributed by atoms with Crippen molar-refractivity contribution in [1.82, 2.24) is 14.7 Å². The van der Waals surface area contributed by atoms with Crippen molar-refractivity contribution in [3.8, 4) is 5.75 Å². The van der Waals surface area contributed by atoms with E-state index in [1.165, 1.54) is 25.7 Å². The predicted octanol–water partition coefficient (Wildman–Crippen LogP) is 3.22. The molecule has 2 fully saturated rings. The van der Waals surface area contributed by atoms with Gasteiger partial charge in [0.05, 0.1) is 6.20 Å². The van der Waals surface area contributed by atoms with Crippen molar-refractivity contribution in [2.75, 3.05) is 13.1 Å². The van der Waals surface area contributed by atoms with Gasteiger partial charge in [-0.05, 0) is 32.6 Å². The van der Waals surface area contributed by atoms with Gasteiger partial charge in [-0.15, -0.1) is 0 Å². The van der Waals surface area contributed by atoms with Gasteiger partial charge < -0.3 is 14.7 Å². The van der Waals surface area contributed by atoms with Crippen LogP contribution in [-0.2, 0) is 4.79 Å². The van der Waals surface area contributed by atoms with E-state index in [1.54, 1.807) is 0 Å². The van der Waals surface area contributed by atoms with Crippen molar-refractivity contribution >= 4 is 5.91 Å². The summed E-state index contributed by atoms with van der Waals surface area (Å²) >= 11 is 0. The van der Waals surface area contributed by atoms with Crippen molar-refractivity contribution in [2.45, 2.75) is 83.0 Å². The summed E-state index contributed by atoms with van der Waals surface area (Å²) < 4.78 is 8.20. The van der Waals surface area contributed by atoms with Gasteiger partial charge in [0.2, 0.25) is 5.91 Å². The lowest BCUT2D eigenvalue weighted by Crippen LogP contribution is -2.51. The molecule has 3 aliphatic rings. The molecule has 1 atom stereocenters. The Bertz CT molecular complexity index is 655. The lowest BCUT2D eigenvalue weighted by Gasteiger charge is -2.44. The maximum Gasteiger partial charge on any atom is 0.222 e. The minimum Gasteiger partial charge on any atom is -0.483 e. The molecule has 1 saturated heterocycles. The molecule has 6 nitrogen and oxygen atoms in total. The number of piperidine rings is 1. The summed E-state index contributed by atoms with van der Waals surface area (Å²) in [5, 5.41) is 15.1. The fourth-order valence-electron chi connectivity index (χ4n) is 4.75. The molecule has 1 saturated carbocycles. The summed E-state index contributed by atoms with van der Waals surface area (Å²) in [6, 6.07) is 0.238. The van der Waals surface area contributed by atoms with E-state index in [1.807, 2.05) is 15.8 Å². The third-order valence-corrected chi connectivity index (χ3v) is 6.43. The number of likely N-dealkylation sites (tertiary alicyclic amines) is 1. The highest BCUT2D eigenvalue weighted by Gasteiger charge is 2.45. The molecule has 144 valence electrons. The van der Waals surface area contributed by atoms with Crippen LogP contribution in [0.4, 0.5) is 0 Å². The molecule has 1 aliphatic carbocycles. The van der Waals surface area contributed by atoms with Crippen LogP contribution in [0.1, 0.15) is 83.1 Å². The molecule has 1 N–H and O–H groups in total. The smallest absolute Gasteiger partial charge is 0.222 e. The lowest BCUT2D eigenvalue weighted by atomic mass is 9.83. The van der Waals surface area contributed by atoms with Crippen LogP contribution in [0.2, 0.25) is 0 Å². The fraction of sp³-hybridized carbons (Fsp3) is 0.800. The van der Waals surface area contributed by atoms with Crippen LogP contribution in [0.3, 0.4) is 0 Å². The Morgan fingerprint density at radius 3 is 2.69 bits per heavy atom. The Hall–Kier alpha value is -1.56. The second kappa shape index (κ2) is 6.87. The number of carbonyl (C=O) groups excluding carboxylic acids is 1. The number of carbonyl (C=O) groups is 1. The quantitative estimate of drug-likeness (QED) is 0.898. The zero-order valence-corrected chi connectivity index (χ0v) is 16.0. The Kier molecular flexibility index (Phi) is 4.71. The normalized spacial score (nSPS) is 25.5. The number of fused-ring (bicyclic) bond motifs is 1. The second-order valence-electron chi connectivity index (χ2n) is 8.69. The number of nitrogens with zero attached hydrogens (tertiary/aromatic N) is 3. The number of aliphatic hydroxyl groups is 1. The standard InChI is InChI=1S/C20H31N3O3/c1-14(2)23-13-17-19(21-23)16(24)12-20(26-17)7-9-22(10-8-20)18(25)11-15-5-3-4-6-15/h13-16,24H,3-12H2,1-2H3. The molecule has 1 aromatic heterocycles. The molecule has 3 heterocycles. The van der Waals surface area contributed by atoms with Gasteiger partial charge in [0.25, 0.3) is 0 Å². The summed E-state index contributed by atoms with van der Waals surface area (Å²) in [4.78, 5) is 14.6. The second-order valence-corrected chi connectivity index (χ2v) is 8.69. The van der Waals surface area contributed by atoms with Gasteiger partial charge in [0.1, 0.15) is 17.4 Å². The Morgan fingerprint density at radius 2 is 2.04 bits per heavy atom. The number of aliphatic hydroxyl groups excluding tert-OH is 1. The minimum atomic E-state index is -0.584. The molecule has 4 rings (SSSR count). The first kappa shape index (κ1) is 17.8. The van der Waals surface area contributed by atoms with Crippen LogP contribution in [0, 0.1) is 5.92 Å². The van der Waals surface area contributed by atoms with Gasteiger partial charge in [0, 0.05) is 44.8 Å². The average molecular weight is 361 g/mol. The van der Waals surface area contributed by atoms with Crippen LogP contribution in [0.25, 0.3) is 0 Å². The molecule has 2 aliphatic heterocycles. The monoisotopic (exact) mass is 361 g/mol. The van der Waals surface area contributed by atoms with Gasteiger partial charge in [-0.25, -0.2) is 0 Å². The minimum absolute atomic E-state index is 0.238. The van der Waals surface area contributed by atoms with Crippen molar-refractivity contribution in [3.05, 3.63) is 11.9 Å². The van der Waals surface area contributed by atoms with Gasteiger partial charge in [0.15, 0.2) is 5.75 Å². The van der Waals surface area contributed by atoms with E-state index in [4.69, 9.17) is 4.74 Å². The Labute approximate surface area is 155 Å². The van der Waals surface area contributed by atoms with E-state index >= 15 is 0 Å². The largest absolute Gasteiger partial charge is 0.483 e. The van der Waals surface area contributed by atoms with Crippen molar-refractivity contribution < 1.29 is 14.6 Å². The predicted molar refractivity (Wildman–Crippen MR) is 97.9 cm³/mol. The maximum absolute atomic E-state index is 12.6. The molecule has 1 spiro atoms. The Morgan fingerprint density at radius 1 is 1.35 bits per heavy atom. The van der Waals surface area contributed by atoms with Gasteiger partial charge in [-0.1, -0.05) is 12.8 Å². The topological polar surface area (TPSA) is 67.6 Å². The molecule has 6 heteroatoms. The van der Waals surface area contributed by atoms with Crippen molar-refractivity contribution in [1.29, 1.82) is 0 Å². The zero-order valence-electron chi connectivity index (χ0n) is 16.0. The number of hydrogen-bond donors (Lipinski definition) is 1. The van der Waals surface area contributed by atoms with E-state index in [0.717, 1.165) is 25.9 Å². The molecular weight excluding hydrogens is 330 g/mol. The van der Waals surface area contributed by atoms with Crippen LogP contribution < -0.4 is 4.74 Å². The van der Waals surface area contributed by atoms with Gasteiger partial charge in [-0.3, -0.25) is 9.48 Å². The first-order chi connectivity index (χ1) is 12.5. The highest BCUT2D eigenvalue weighted by molar-refractivity contribution is 5.76. The molecule has 26 heavy (non-hydrogen) atoms. The van der Waals surface area contributed by atoms with Crippen LogP contribution in [0.5, 0.6) is 5.75 Å². The summed E-state index contributed by atoms with van der Waals surface area (Å²) in [6.07, 6.45) is 9.14. The van der Waals surface area contributed by atoms with Crippen LogP contribution in [-0.4, -0.2) is 44.4 Å². The van der Waals surface area contributed by atoms with Gasteiger partial charge >= 0.3 is 0 Å². The molecule has 0 bridgehead atoms. The first-order valence-corrected chi connectivity index (χ1v) is 10.2. The molecule has 0 radical (unpaired) electrons. The number of aromatic nitrogens is 2. The number of amides is 1. The van der Waals surface area contributed by atoms with Crippen LogP contribution >= 0.6 is 0 Å². The van der Waals surface area contributed by atoms with E-state index < -0.39 is 6.10 Å². The molecule has 1 amide bonds. The molecule has 0 aromatic carbocycles. The summed E-state index contributed by atoms with van der Waals surface area (Å²) in [7, 11) is 0. The van der Waals surface area contributed by atoms with Crippen LogP contribution in [0.15, 0.2) is 6.20 Å². The zero-order chi connectivity index (χ0) is 18.3. The Balaban J connectivity index is 1.39. The highest BCUT2D eigenvalue weighted by atomic mass is 16.5. The highest BCUT2D eigenvalue weighted by Crippen LogP contribution is 2.44. The molecule has 1 unspecified atom stereocenters. The van der Waals surface area contributed by atoms with Crippen molar-refractivity contribution in [2.24, 2.45) is 5.92 Å². The first-order valence-electron chi connectivity index (χ1n) is 10.2. The molecule has 1 aromatic rings. The number of rotatable bonds is 3. The lowest BCUT2D eigenvalue weighted by molar-refractivity contribution is -0.137. The number of ether oxygens (including phenoxy) is 1. The fourth-order valence-corrected chi connectivity index (χ4v) is 4.75. The van der Waals surface area contributed by atoms with E-state index in [2.05, 4.69) is 18.9 Å². The number of hydrogen-bond acceptors (Lipinski definition) is 4. The third-order valence-electron chi connectivity index (χ3n) is 6.43. The maximum atomic E-state index is 12.6. The van der Waals surface area contributed by atoms with E-state index in [-0.39, 0.29) is 11.6 Å². The average Bonchev–Trinajstić information content (AvgIpc) is 3.25. The molecular formula is C20H31N3O3. The van der Waals surface area contributed by atoms with Gasteiger partial charge in [-0.2, -0.15) is 5.10 Å². The summed E-state index contributed by atoms with van der Waals surface area (Å²) in [5.41, 5.74) is 0.297. The SMILES string of the molecule is CC(C)n1cc2c(n1)C(O)CC1(CCN(C(=O)CC3CCCC3)CC1)O2. The third kappa shape index (κ3) is 3.36.